The maximum Gasteiger partial charge on any atom is 3.00 e. The third-order valence-electron chi connectivity index (χ3n) is 0. The van der Waals surface area contributed by atoms with Gasteiger partial charge in [-0.1, -0.05) is 0 Å². The van der Waals surface area contributed by atoms with E-state index in [1.807, 2.05) is 0 Å². The van der Waals surface area contributed by atoms with E-state index in [1.165, 1.54) is 0 Å². The van der Waals surface area contributed by atoms with E-state index in [0.717, 1.165) is 0 Å². The van der Waals surface area contributed by atoms with Crippen molar-refractivity contribution in [3.05, 3.63) is 0 Å². The molecular formula is LaNi5+13. The van der Waals surface area contributed by atoms with Crippen LogP contribution >= 0.6 is 0 Å². The first-order valence-electron chi connectivity index (χ1n) is 0. The second-order valence-corrected chi connectivity index (χ2v) is 0. The van der Waals surface area contributed by atoms with Crippen LogP contribution in [-0.2, 0) is 82.5 Å². The summed E-state index contributed by atoms with van der Waals surface area (Å²) in [5.74, 6) is 0. The standard InChI is InChI=1S/La.5Ni/q+3;5*+2. The fourth-order valence-electron chi connectivity index (χ4n) is 0. The van der Waals surface area contributed by atoms with Gasteiger partial charge in [-0.2, -0.15) is 0 Å². The molecule has 0 amide bonds. The monoisotopic (exact) mass is 429 g/mol. The van der Waals surface area contributed by atoms with E-state index in [-0.39, 0.29) is 118 Å². The third kappa shape index (κ3) is 25.4. The first kappa shape index (κ1) is 54.1. The Hall–Kier alpha value is 3.66. The van der Waals surface area contributed by atoms with Gasteiger partial charge < -0.3 is 0 Å². The average Bonchev–Trinajstić information content (AvgIpc) is 0. The van der Waals surface area contributed by atoms with Gasteiger partial charge in [0.15, 0.2) is 0 Å². The minimum atomic E-state index is 0. The molecule has 0 fully saturated rings. The van der Waals surface area contributed by atoms with Crippen molar-refractivity contribution in [3.8, 4) is 0 Å². The van der Waals surface area contributed by atoms with Gasteiger partial charge >= 0.3 is 118 Å². The zero-order valence-electron chi connectivity index (χ0n) is 2.16. The molecular weight excluding hydrogens is 432 g/mol. The Morgan fingerprint density at radius 2 is 0.333 bits per heavy atom. The molecule has 6 heavy (non-hydrogen) atoms. The van der Waals surface area contributed by atoms with Crippen molar-refractivity contribution in [1.29, 1.82) is 0 Å². The van der Waals surface area contributed by atoms with Gasteiger partial charge in [0, 0.05) is 0 Å². The van der Waals surface area contributed by atoms with E-state index in [4.69, 9.17) is 0 Å². The molecule has 0 unspecified atom stereocenters. The Balaban J connectivity index is 0. The van der Waals surface area contributed by atoms with Gasteiger partial charge in [-0.05, 0) is 0 Å². The maximum absolute atomic E-state index is 0. The SMILES string of the molecule is [La+3].[Ni+2].[Ni+2].[Ni+2].[Ni+2].[Ni+2]. The predicted octanol–water partition coefficient (Wildman–Crippen LogP) is -0.0125. The molecule has 0 aliphatic rings. The molecule has 0 saturated carbocycles. The predicted molar refractivity (Wildman–Crippen MR) is 0 cm³/mol. The van der Waals surface area contributed by atoms with Gasteiger partial charge in [0.1, 0.15) is 0 Å². The van der Waals surface area contributed by atoms with Crippen molar-refractivity contribution in [1.82, 2.24) is 0 Å². The molecule has 0 aromatic carbocycles. The number of hydrogen-bond acceptors (Lipinski definition) is 0. The molecule has 0 aliphatic carbocycles. The third-order valence-corrected chi connectivity index (χ3v) is 0. The minimum Gasteiger partial charge on any atom is 2.00 e. The first-order valence-corrected chi connectivity index (χ1v) is 0. The van der Waals surface area contributed by atoms with Crippen LogP contribution < -0.4 is 0 Å². The van der Waals surface area contributed by atoms with E-state index in [0.29, 0.717) is 0 Å². The van der Waals surface area contributed by atoms with Gasteiger partial charge in [-0.25, -0.2) is 0 Å². The van der Waals surface area contributed by atoms with Crippen LogP contribution in [0.1, 0.15) is 0 Å². The van der Waals surface area contributed by atoms with Crippen LogP contribution in [0.3, 0.4) is 0 Å². The molecule has 0 saturated heterocycles. The molecule has 40 valence electrons. The Labute approximate surface area is 116 Å². The fourth-order valence-corrected chi connectivity index (χ4v) is 0. The van der Waals surface area contributed by atoms with E-state index in [9.17, 15) is 0 Å². The molecule has 0 atom stereocenters. The molecule has 0 nitrogen and oxygen atoms in total. The summed E-state index contributed by atoms with van der Waals surface area (Å²) >= 11 is 0. The second kappa shape index (κ2) is 37.9. The Morgan fingerprint density at radius 1 is 0.333 bits per heavy atom. The molecule has 0 bridgehead atoms. The first-order chi connectivity index (χ1) is 0. The normalized spacial score (nSPS) is 0. The summed E-state index contributed by atoms with van der Waals surface area (Å²) in [7, 11) is 0. The molecule has 0 radical (unpaired) electrons. The second-order valence-electron chi connectivity index (χ2n) is 0. The van der Waals surface area contributed by atoms with E-state index in [1.54, 1.807) is 0 Å². The van der Waals surface area contributed by atoms with E-state index >= 15 is 0 Å². The van der Waals surface area contributed by atoms with Crippen LogP contribution in [0.2, 0.25) is 0 Å². The van der Waals surface area contributed by atoms with E-state index < -0.39 is 0 Å². The van der Waals surface area contributed by atoms with Crippen LogP contribution in [0.4, 0.5) is 0 Å². The molecule has 0 rings (SSSR count). The molecule has 0 aliphatic heterocycles. The van der Waals surface area contributed by atoms with Crippen LogP contribution in [0.15, 0.2) is 0 Å². The summed E-state index contributed by atoms with van der Waals surface area (Å²) in [5.41, 5.74) is 0. The molecule has 0 aromatic rings. The summed E-state index contributed by atoms with van der Waals surface area (Å²) in [4.78, 5) is 0. The maximum atomic E-state index is 0. The van der Waals surface area contributed by atoms with Gasteiger partial charge in [0.25, 0.3) is 0 Å². The topological polar surface area (TPSA) is 0 Å². The van der Waals surface area contributed by atoms with Crippen molar-refractivity contribution in [3.63, 3.8) is 0 Å². The van der Waals surface area contributed by atoms with Gasteiger partial charge in [0.05, 0.1) is 0 Å². The van der Waals surface area contributed by atoms with Crippen LogP contribution in [0.25, 0.3) is 0 Å². The molecule has 0 aromatic heterocycles. The Bertz CT molecular complexity index is 3.90. The Morgan fingerprint density at radius 3 is 0.333 bits per heavy atom. The van der Waals surface area contributed by atoms with Gasteiger partial charge in [-0.3, -0.25) is 0 Å². The number of hydrogen-bond donors (Lipinski definition) is 0. The van der Waals surface area contributed by atoms with Crippen molar-refractivity contribution in [2.24, 2.45) is 0 Å². The Kier molecular flexibility index (Phi) is 342. The van der Waals surface area contributed by atoms with Crippen LogP contribution in [0.5, 0.6) is 0 Å². The number of rotatable bonds is 0. The summed E-state index contributed by atoms with van der Waals surface area (Å²) in [6.45, 7) is 0. The van der Waals surface area contributed by atoms with Crippen molar-refractivity contribution in [2.45, 2.75) is 0 Å². The smallest absolute Gasteiger partial charge is 2.00 e. The largest absolute Gasteiger partial charge is 3.00 e. The summed E-state index contributed by atoms with van der Waals surface area (Å²) < 4.78 is 0. The molecule has 0 N–H and O–H groups in total. The summed E-state index contributed by atoms with van der Waals surface area (Å²) in [6.07, 6.45) is 0. The van der Waals surface area contributed by atoms with Gasteiger partial charge in [-0.15, -0.1) is 0 Å². The van der Waals surface area contributed by atoms with Crippen LogP contribution in [0, 0.1) is 35.6 Å². The molecule has 0 heterocycles. The van der Waals surface area contributed by atoms with Crippen molar-refractivity contribution < 1.29 is 118 Å². The van der Waals surface area contributed by atoms with Crippen LogP contribution in [-0.4, -0.2) is 0 Å². The van der Waals surface area contributed by atoms with Gasteiger partial charge in [0.2, 0.25) is 0 Å². The van der Waals surface area contributed by atoms with Crippen molar-refractivity contribution in [2.75, 3.05) is 0 Å². The summed E-state index contributed by atoms with van der Waals surface area (Å²) in [6, 6.07) is 0. The average molecular weight is 432 g/mol. The molecule has 6 heteroatoms. The fraction of sp³-hybridized carbons (Fsp3) is 0. The molecule has 0 spiro atoms. The van der Waals surface area contributed by atoms with Crippen molar-refractivity contribution >= 4 is 0 Å². The zero-order valence-corrected chi connectivity index (χ0v) is 10.7. The zero-order chi connectivity index (χ0) is 0. The minimum absolute atomic E-state index is 0. The quantitative estimate of drug-likeness (QED) is 0.473. The van der Waals surface area contributed by atoms with E-state index in [2.05, 4.69) is 0 Å². The summed E-state index contributed by atoms with van der Waals surface area (Å²) in [5, 5.41) is 0.